The molecule has 0 radical (unpaired) electrons. The molecule has 2 aromatic heterocycles. The molecule has 16 heavy (non-hydrogen) atoms. The molecular formula is C11H13BrN4. The number of hydrogen-bond donors (Lipinski definition) is 1. The molecule has 0 amide bonds. The minimum Gasteiger partial charge on any atom is -0.307 e. The van der Waals surface area contributed by atoms with Crippen molar-refractivity contribution < 1.29 is 0 Å². The molecule has 2 rings (SSSR count). The van der Waals surface area contributed by atoms with Crippen LogP contribution in [0.5, 0.6) is 0 Å². The average Bonchev–Trinajstić information content (AvgIpc) is 2.64. The predicted molar refractivity (Wildman–Crippen MR) is 65.7 cm³/mol. The zero-order valence-corrected chi connectivity index (χ0v) is 10.6. The highest BCUT2D eigenvalue weighted by Crippen LogP contribution is 2.09. The smallest absolute Gasteiger partial charge is 0.0762 e. The van der Waals surface area contributed by atoms with Crippen molar-refractivity contribution in [3.05, 3.63) is 46.5 Å². The molecule has 0 spiro atoms. The number of pyridine rings is 1. The molecule has 0 fully saturated rings. The third-order valence-electron chi connectivity index (χ3n) is 2.17. The quantitative estimate of drug-likeness (QED) is 0.930. The van der Waals surface area contributed by atoms with Gasteiger partial charge in [0.1, 0.15) is 0 Å². The van der Waals surface area contributed by atoms with Gasteiger partial charge in [0.15, 0.2) is 0 Å². The van der Waals surface area contributed by atoms with Gasteiger partial charge in [-0.3, -0.25) is 9.67 Å². The lowest BCUT2D eigenvalue weighted by molar-refractivity contribution is 0.655. The Bertz CT molecular complexity index is 467. The summed E-state index contributed by atoms with van der Waals surface area (Å²) in [5, 5.41) is 7.61. The summed E-state index contributed by atoms with van der Waals surface area (Å²) in [5.41, 5.74) is 2.20. The van der Waals surface area contributed by atoms with E-state index >= 15 is 0 Å². The van der Waals surface area contributed by atoms with Gasteiger partial charge in [-0.1, -0.05) is 0 Å². The van der Waals surface area contributed by atoms with E-state index in [2.05, 4.69) is 37.4 Å². The van der Waals surface area contributed by atoms with E-state index in [1.54, 1.807) is 10.9 Å². The fraction of sp³-hybridized carbons (Fsp3) is 0.273. The average molecular weight is 281 g/mol. The summed E-state index contributed by atoms with van der Waals surface area (Å²) in [6.07, 6.45) is 5.58. The van der Waals surface area contributed by atoms with Gasteiger partial charge in [0.25, 0.3) is 0 Å². The van der Waals surface area contributed by atoms with Crippen molar-refractivity contribution in [2.45, 2.75) is 13.1 Å². The number of aromatic nitrogens is 3. The van der Waals surface area contributed by atoms with Crippen molar-refractivity contribution in [3.8, 4) is 0 Å². The monoisotopic (exact) mass is 280 g/mol. The third kappa shape index (κ3) is 3.15. The van der Waals surface area contributed by atoms with Gasteiger partial charge in [0, 0.05) is 43.2 Å². The lowest BCUT2D eigenvalue weighted by Gasteiger charge is -2.02. The topological polar surface area (TPSA) is 42.7 Å². The largest absolute Gasteiger partial charge is 0.307 e. The summed E-state index contributed by atoms with van der Waals surface area (Å²) in [6.45, 7) is 1.57. The van der Waals surface area contributed by atoms with Gasteiger partial charge in [-0.2, -0.15) is 5.10 Å². The van der Waals surface area contributed by atoms with E-state index in [4.69, 9.17) is 0 Å². The zero-order valence-electron chi connectivity index (χ0n) is 9.02. The molecule has 2 heterocycles. The number of nitrogens with zero attached hydrogens (tertiary/aromatic N) is 3. The first-order valence-electron chi connectivity index (χ1n) is 5.03. The van der Waals surface area contributed by atoms with Crippen LogP contribution < -0.4 is 5.32 Å². The molecule has 0 unspecified atom stereocenters. The Morgan fingerprint density at radius 2 is 2.25 bits per heavy atom. The summed E-state index contributed by atoms with van der Waals surface area (Å²) < 4.78 is 2.81. The molecule has 1 N–H and O–H groups in total. The number of nitrogens with one attached hydrogen (secondary N) is 1. The van der Waals surface area contributed by atoms with E-state index in [0.717, 1.165) is 28.8 Å². The second-order valence-corrected chi connectivity index (χ2v) is 4.51. The van der Waals surface area contributed by atoms with Gasteiger partial charge in [0.05, 0.1) is 5.69 Å². The van der Waals surface area contributed by atoms with Crippen molar-refractivity contribution in [2.24, 2.45) is 7.05 Å². The Labute approximate surface area is 103 Å². The third-order valence-corrected chi connectivity index (χ3v) is 2.60. The molecule has 84 valence electrons. The van der Waals surface area contributed by atoms with Gasteiger partial charge in [-0.25, -0.2) is 0 Å². The van der Waals surface area contributed by atoms with Crippen molar-refractivity contribution in [2.75, 3.05) is 0 Å². The highest BCUT2D eigenvalue weighted by molar-refractivity contribution is 9.10. The minimum atomic E-state index is 0.771. The molecule has 2 aromatic rings. The first kappa shape index (κ1) is 11.3. The van der Waals surface area contributed by atoms with Gasteiger partial charge in [-0.05, 0) is 33.6 Å². The van der Waals surface area contributed by atoms with Gasteiger partial charge in [-0.15, -0.1) is 0 Å². The van der Waals surface area contributed by atoms with Crippen LogP contribution in [0, 0.1) is 0 Å². The molecule has 0 atom stereocenters. The molecular weight excluding hydrogens is 268 g/mol. The van der Waals surface area contributed by atoms with Crippen molar-refractivity contribution >= 4 is 15.9 Å². The van der Waals surface area contributed by atoms with Crippen LogP contribution in [0.3, 0.4) is 0 Å². The number of aryl methyl sites for hydroxylation is 1. The molecule has 5 heteroatoms. The second-order valence-electron chi connectivity index (χ2n) is 3.60. The molecule has 0 saturated heterocycles. The first-order valence-corrected chi connectivity index (χ1v) is 5.82. The summed E-state index contributed by atoms with van der Waals surface area (Å²) >= 11 is 3.40. The van der Waals surface area contributed by atoms with E-state index in [-0.39, 0.29) is 0 Å². The molecule has 0 aromatic carbocycles. The molecule has 0 saturated carbocycles. The highest BCUT2D eigenvalue weighted by atomic mass is 79.9. The minimum absolute atomic E-state index is 0.771. The van der Waals surface area contributed by atoms with Crippen LogP contribution in [-0.4, -0.2) is 14.8 Å². The predicted octanol–water partition coefficient (Wildman–Crippen LogP) is 1.87. The Kier molecular flexibility index (Phi) is 3.69. The fourth-order valence-electron chi connectivity index (χ4n) is 1.44. The van der Waals surface area contributed by atoms with E-state index < -0.39 is 0 Å². The van der Waals surface area contributed by atoms with Crippen LogP contribution in [0.25, 0.3) is 0 Å². The number of halogens is 1. The summed E-state index contributed by atoms with van der Waals surface area (Å²) in [7, 11) is 1.92. The Balaban J connectivity index is 1.84. The normalized spacial score (nSPS) is 10.6. The number of rotatable bonds is 4. The summed E-state index contributed by atoms with van der Waals surface area (Å²) in [4.78, 5) is 4.11. The maximum absolute atomic E-state index is 4.29. The van der Waals surface area contributed by atoms with Gasteiger partial charge < -0.3 is 5.32 Å². The Morgan fingerprint density at radius 3 is 2.94 bits per heavy atom. The van der Waals surface area contributed by atoms with Crippen molar-refractivity contribution in [1.82, 2.24) is 20.1 Å². The van der Waals surface area contributed by atoms with Crippen LogP contribution in [0.2, 0.25) is 0 Å². The Hall–Kier alpha value is -1.20. The van der Waals surface area contributed by atoms with Crippen molar-refractivity contribution in [1.29, 1.82) is 0 Å². The van der Waals surface area contributed by atoms with E-state index in [1.165, 1.54) is 0 Å². The maximum Gasteiger partial charge on any atom is 0.0762 e. The SMILES string of the molecule is Cn1ccc(CNCc2cncc(Br)c2)n1. The van der Waals surface area contributed by atoms with Gasteiger partial charge in [0.2, 0.25) is 0 Å². The van der Waals surface area contributed by atoms with Crippen LogP contribution in [0.1, 0.15) is 11.3 Å². The van der Waals surface area contributed by atoms with Gasteiger partial charge >= 0.3 is 0 Å². The van der Waals surface area contributed by atoms with Crippen LogP contribution in [0.15, 0.2) is 35.2 Å². The van der Waals surface area contributed by atoms with Crippen LogP contribution in [-0.2, 0) is 20.1 Å². The molecule has 4 nitrogen and oxygen atoms in total. The van der Waals surface area contributed by atoms with Crippen molar-refractivity contribution in [3.63, 3.8) is 0 Å². The van der Waals surface area contributed by atoms with E-state index in [1.807, 2.05) is 25.5 Å². The Morgan fingerprint density at radius 1 is 1.38 bits per heavy atom. The number of hydrogen-bond acceptors (Lipinski definition) is 3. The molecule has 0 aliphatic carbocycles. The highest BCUT2D eigenvalue weighted by Gasteiger charge is 1.97. The lowest BCUT2D eigenvalue weighted by atomic mass is 10.3. The van der Waals surface area contributed by atoms with E-state index in [9.17, 15) is 0 Å². The standard InChI is InChI=1S/C11H13BrN4/c1-16-3-2-11(15-16)8-14-6-9-4-10(12)7-13-5-9/h2-5,7,14H,6,8H2,1H3. The van der Waals surface area contributed by atoms with E-state index in [0.29, 0.717) is 0 Å². The summed E-state index contributed by atoms with van der Waals surface area (Å²) in [6, 6.07) is 4.06. The molecule has 0 aliphatic heterocycles. The summed E-state index contributed by atoms with van der Waals surface area (Å²) in [5.74, 6) is 0. The fourth-order valence-corrected chi connectivity index (χ4v) is 1.86. The second kappa shape index (κ2) is 5.23. The molecule has 0 aliphatic rings. The van der Waals surface area contributed by atoms with Crippen LogP contribution >= 0.6 is 15.9 Å². The van der Waals surface area contributed by atoms with Crippen LogP contribution in [0.4, 0.5) is 0 Å². The molecule has 0 bridgehead atoms. The lowest BCUT2D eigenvalue weighted by Crippen LogP contribution is -2.13. The zero-order chi connectivity index (χ0) is 11.4. The maximum atomic E-state index is 4.29. The first-order chi connectivity index (χ1) is 7.74.